The molecule has 0 aliphatic heterocycles. The van der Waals surface area contributed by atoms with Gasteiger partial charge >= 0.3 is 0 Å². The molecule has 0 fully saturated rings. The van der Waals surface area contributed by atoms with Gasteiger partial charge in [-0.1, -0.05) is 6.92 Å². The van der Waals surface area contributed by atoms with Crippen molar-refractivity contribution in [1.29, 1.82) is 0 Å². The van der Waals surface area contributed by atoms with Crippen LogP contribution in [0.5, 0.6) is 0 Å². The highest BCUT2D eigenvalue weighted by molar-refractivity contribution is 6.28. The molecule has 0 saturated heterocycles. The van der Waals surface area contributed by atoms with E-state index < -0.39 is 5.54 Å². The second-order valence-electron chi connectivity index (χ2n) is 4.35. The summed E-state index contributed by atoms with van der Waals surface area (Å²) in [6, 6.07) is 0. The Kier molecular flexibility index (Phi) is 4.89. The van der Waals surface area contributed by atoms with Crippen molar-refractivity contribution in [2.45, 2.75) is 32.7 Å². The van der Waals surface area contributed by atoms with Crippen LogP contribution in [0, 0.1) is 0 Å². The number of aliphatic hydroxyl groups is 1. The first-order valence-corrected chi connectivity index (χ1v) is 5.89. The number of nitrogens with zero attached hydrogens (tertiary/aromatic N) is 3. The van der Waals surface area contributed by atoms with E-state index in [-0.39, 0.29) is 11.9 Å². The third-order valence-electron chi connectivity index (χ3n) is 1.99. The van der Waals surface area contributed by atoms with E-state index in [1.54, 1.807) is 0 Å². The fraction of sp³-hybridized carbons (Fsp3) is 0.700. The summed E-state index contributed by atoms with van der Waals surface area (Å²) in [5, 5.41) is 15.3. The van der Waals surface area contributed by atoms with Gasteiger partial charge < -0.3 is 15.7 Å². The molecule has 0 unspecified atom stereocenters. The highest BCUT2D eigenvalue weighted by atomic mass is 35.5. The zero-order valence-electron chi connectivity index (χ0n) is 10.3. The summed E-state index contributed by atoms with van der Waals surface area (Å²) < 4.78 is 0. The molecular weight excluding hydrogens is 242 g/mol. The summed E-state index contributed by atoms with van der Waals surface area (Å²) in [7, 11) is 0. The second-order valence-corrected chi connectivity index (χ2v) is 4.68. The van der Waals surface area contributed by atoms with Crippen molar-refractivity contribution in [1.82, 2.24) is 15.0 Å². The van der Waals surface area contributed by atoms with Crippen LogP contribution in [0.15, 0.2) is 0 Å². The molecule has 3 N–H and O–H groups in total. The molecular formula is C10H18ClN5O. The summed E-state index contributed by atoms with van der Waals surface area (Å²) in [6.07, 6.45) is 0.966. The van der Waals surface area contributed by atoms with Crippen LogP contribution in [0.4, 0.5) is 11.9 Å². The third kappa shape index (κ3) is 4.70. The molecule has 1 heterocycles. The van der Waals surface area contributed by atoms with E-state index in [0.29, 0.717) is 11.9 Å². The van der Waals surface area contributed by atoms with Crippen LogP contribution in [-0.4, -0.2) is 38.7 Å². The van der Waals surface area contributed by atoms with E-state index in [9.17, 15) is 0 Å². The van der Waals surface area contributed by atoms with E-state index in [1.807, 2.05) is 20.8 Å². The lowest BCUT2D eigenvalue weighted by Crippen LogP contribution is -2.35. The molecule has 96 valence electrons. The van der Waals surface area contributed by atoms with E-state index in [0.717, 1.165) is 13.0 Å². The maximum absolute atomic E-state index is 9.15. The third-order valence-corrected chi connectivity index (χ3v) is 2.16. The minimum atomic E-state index is -0.507. The van der Waals surface area contributed by atoms with Crippen LogP contribution in [0.2, 0.25) is 5.28 Å². The highest BCUT2D eigenvalue weighted by Gasteiger charge is 2.18. The smallest absolute Gasteiger partial charge is 0.229 e. The highest BCUT2D eigenvalue weighted by Crippen LogP contribution is 2.14. The molecule has 7 heteroatoms. The van der Waals surface area contributed by atoms with Gasteiger partial charge in [-0.05, 0) is 31.9 Å². The number of hydrogen-bond donors (Lipinski definition) is 3. The average molecular weight is 260 g/mol. The minimum absolute atomic E-state index is 0.0337. The first-order valence-electron chi connectivity index (χ1n) is 5.51. The fourth-order valence-electron chi connectivity index (χ4n) is 1.06. The number of hydrogen-bond acceptors (Lipinski definition) is 6. The standard InChI is InChI=1S/C10H18ClN5O/c1-4-5-12-8-13-7(11)14-9(15-8)16-10(2,3)6-17/h17H,4-6H2,1-3H3,(H2,12,13,14,15,16). The van der Waals surface area contributed by atoms with Crippen LogP contribution in [-0.2, 0) is 0 Å². The van der Waals surface area contributed by atoms with Gasteiger partial charge in [0, 0.05) is 6.54 Å². The van der Waals surface area contributed by atoms with E-state index in [2.05, 4.69) is 25.6 Å². The van der Waals surface area contributed by atoms with Gasteiger partial charge in [-0.25, -0.2) is 0 Å². The predicted octanol–water partition coefficient (Wildman–Crippen LogP) is 1.53. The average Bonchev–Trinajstić information content (AvgIpc) is 2.25. The van der Waals surface area contributed by atoms with E-state index in [4.69, 9.17) is 16.7 Å². The van der Waals surface area contributed by atoms with Crippen LogP contribution >= 0.6 is 11.6 Å². The van der Waals surface area contributed by atoms with Gasteiger partial charge in [-0.15, -0.1) is 0 Å². The van der Waals surface area contributed by atoms with Gasteiger partial charge in [0.1, 0.15) is 0 Å². The van der Waals surface area contributed by atoms with Crippen molar-refractivity contribution in [3.05, 3.63) is 5.28 Å². The Morgan fingerprint density at radius 2 is 1.88 bits per heavy atom. The molecule has 0 atom stereocenters. The van der Waals surface area contributed by atoms with Gasteiger partial charge in [-0.2, -0.15) is 15.0 Å². The van der Waals surface area contributed by atoms with Crippen LogP contribution in [0.25, 0.3) is 0 Å². The zero-order chi connectivity index (χ0) is 12.9. The number of aromatic nitrogens is 3. The Balaban J connectivity index is 2.82. The topological polar surface area (TPSA) is 83.0 Å². The van der Waals surface area contributed by atoms with E-state index in [1.165, 1.54) is 0 Å². The monoisotopic (exact) mass is 259 g/mol. The molecule has 0 radical (unpaired) electrons. The lowest BCUT2D eigenvalue weighted by Gasteiger charge is -2.23. The van der Waals surface area contributed by atoms with Crippen molar-refractivity contribution >= 4 is 23.5 Å². The number of anilines is 2. The molecule has 17 heavy (non-hydrogen) atoms. The largest absolute Gasteiger partial charge is 0.394 e. The second kappa shape index (κ2) is 5.97. The summed E-state index contributed by atoms with van der Waals surface area (Å²) in [5.41, 5.74) is -0.507. The van der Waals surface area contributed by atoms with Crippen LogP contribution in [0.3, 0.4) is 0 Å². The normalized spacial score (nSPS) is 11.4. The Morgan fingerprint density at radius 1 is 1.24 bits per heavy atom. The first-order chi connectivity index (χ1) is 7.96. The van der Waals surface area contributed by atoms with Gasteiger partial charge in [0.05, 0.1) is 12.1 Å². The Labute approximate surface area is 106 Å². The number of nitrogens with one attached hydrogen (secondary N) is 2. The van der Waals surface area contributed by atoms with Crippen LogP contribution < -0.4 is 10.6 Å². The molecule has 0 saturated carbocycles. The zero-order valence-corrected chi connectivity index (χ0v) is 11.0. The minimum Gasteiger partial charge on any atom is -0.394 e. The first kappa shape index (κ1) is 13.9. The molecule has 1 aromatic rings. The van der Waals surface area contributed by atoms with Crippen molar-refractivity contribution in [3.8, 4) is 0 Å². The number of rotatable bonds is 6. The summed E-state index contributed by atoms with van der Waals surface area (Å²) in [5.74, 6) is 0.783. The van der Waals surface area contributed by atoms with Gasteiger partial charge in [0.15, 0.2) is 0 Å². The van der Waals surface area contributed by atoms with Gasteiger partial charge in [-0.3, -0.25) is 0 Å². The van der Waals surface area contributed by atoms with Crippen molar-refractivity contribution in [2.24, 2.45) is 0 Å². The Morgan fingerprint density at radius 3 is 2.47 bits per heavy atom. The molecule has 6 nitrogen and oxygen atoms in total. The number of halogens is 1. The fourth-order valence-corrected chi connectivity index (χ4v) is 1.22. The molecule has 0 aromatic carbocycles. The maximum Gasteiger partial charge on any atom is 0.229 e. The summed E-state index contributed by atoms with van der Waals surface area (Å²) in [6.45, 7) is 6.45. The molecule has 0 spiro atoms. The maximum atomic E-state index is 9.15. The molecule has 0 aliphatic carbocycles. The summed E-state index contributed by atoms with van der Waals surface area (Å²) in [4.78, 5) is 12.1. The van der Waals surface area contributed by atoms with Crippen molar-refractivity contribution < 1.29 is 5.11 Å². The molecule has 0 amide bonds. The Bertz CT molecular complexity index is 372. The number of aliphatic hydroxyl groups excluding tert-OH is 1. The quantitative estimate of drug-likeness (QED) is 0.719. The van der Waals surface area contributed by atoms with Crippen molar-refractivity contribution in [2.75, 3.05) is 23.8 Å². The molecule has 1 aromatic heterocycles. The van der Waals surface area contributed by atoms with E-state index >= 15 is 0 Å². The van der Waals surface area contributed by atoms with Gasteiger partial charge in [0.25, 0.3) is 0 Å². The predicted molar refractivity (Wildman–Crippen MR) is 68.4 cm³/mol. The van der Waals surface area contributed by atoms with Crippen molar-refractivity contribution in [3.63, 3.8) is 0 Å². The summed E-state index contributed by atoms with van der Waals surface area (Å²) >= 11 is 5.80. The molecule has 1 rings (SSSR count). The van der Waals surface area contributed by atoms with Gasteiger partial charge in [0.2, 0.25) is 17.2 Å². The SMILES string of the molecule is CCCNc1nc(Cl)nc(NC(C)(C)CO)n1. The van der Waals surface area contributed by atoms with Crippen LogP contribution in [0.1, 0.15) is 27.2 Å². The molecule has 0 bridgehead atoms. The lowest BCUT2D eigenvalue weighted by molar-refractivity contribution is 0.233. The lowest BCUT2D eigenvalue weighted by atomic mass is 10.1. The Hall–Kier alpha value is -1.14. The molecule has 0 aliphatic rings.